The van der Waals surface area contributed by atoms with Gasteiger partial charge in [-0.2, -0.15) is 0 Å². The molecule has 0 saturated carbocycles. The lowest BCUT2D eigenvalue weighted by Gasteiger charge is -2.29. The Morgan fingerprint density at radius 3 is 2.23 bits per heavy atom. The molecule has 280 valence electrons. The van der Waals surface area contributed by atoms with Gasteiger partial charge in [0.05, 0.1) is 30.8 Å². The Morgan fingerprint density at radius 1 is 0.925 bits per heavy atom. The highest BCUT2D eigenvalue weighted by Crippen LogP contribution is 2.35. The number of fused-ring (bicyclic) bond motifs is 2. The summed E-state index contributed by atoms with van der Waals surface area (Å²) >= 11 is 0. The molecule has 18 heteroatoms. The Kier molecular flexibility index (Phi) is 13.3. The fraction of sp³-hybridized carbons (Fsp3) is 0.286. The minimum Gasteiger partial charge on any atom is -0.492 e. The predicted octanol–water partition coefficient (Wildman–Crippen LogP) is 1.61. The van der Waals surface area contributed by atoms with Crippen LogP contribution in [0.25, 0.3) is 0 Å². The summed E-state index contributed by atoms with van der Waals surface area (Å²) in [5.41, 5.74) is 6.89. The van der Waals surface area contributed by atoms with Gasteiger partial charge in [-0.15, -0.1) is 0 Å². The van der Waals surface area contributed by atoms with Crippen LogP contribution >= 0.6 is 0 Å². The van der Waals surface area contributed by atoms with E-state index in [0.717, 1.165) is 0 Å². The molecule has 3 aromatic rings. The summed E-state index contributed by atoms with van der Waals surface area (Å²) in [4.78, 5) is 75.8. The molecule has 0 bridgehead atoms. The fourth-order valence-electron chi connectivity index (χ4n) is 5.53. The number of guanidine groups is 1. The molecule has 0 radical (unpaired) electrons. The van der Waals surface area contributed by atoms with Gasteiger partial charge >= 0.3 is 29.8 Å². The Balaban J connectivity index is 1.55. The maximum Gasteiger partial charge on any atom is 0.343 e. The maximum atomic E-state index is 14.1. The number of hydrogen-bond donors (Lipinski definition) is 7. The van der Waals surface area contributed by atoms with Crippen LogP contribution in [0, 0.1) is 5.41 Å². The van der Waals surface area contributed by atoms with Crippen molar-refractivity contribution in [3.63, 3.8) is 0 Å². The SMILES string of the molecule is N=C(N)Nc1ccc2c(c1)CCCOc1c(cccc1C(=O)N(CC(=O)O)C(Cc1ccc(OCCN(CC(=O)O)CC(=O)O)cc1)C(=O)O)OC2=O. The molecule has 8 N–H and O–H groups in total. The largest absolute Gasteiger partial charge is 0.492 e. The highest BCUT2D eigenvalue weighted by atomic mass is 16.6. The van der Waals surface area contributed by atoms with Gasteiger partial charge in [-0.3, -0.25) is 29.5 Å². The third-order valence-corrected chi connectivity index (χ3v) is 7.83. The normalized spacial score (nSPS) is 12.9. The van der Waals surface area contributed by atoms with E-state index in [-0.39, 0.29) is 54.8 Å². The predicted molar refractivity (Wildman–Crippen MR) is 185 cm³/mol. The van der Waals surface area contributed by atoms with Crippen LogP contribution in [0.3, 0.4) is 0 Å². The minimum absolute atomic E-state index is 0.00608. The van der Waals surface area contributed by atoms with Gasteiger partial charge in [0.25, 0.3) is 5.91 Å². The number of carboxylic acid groups (broad SMARTS) is 4. The van der Waals surface area contributed by atoms with E-state index in [9.17, 15) is 39.0 Å². The summed E-state index contributed by atoms with van der Waals surface area (Å²) in [6, 6.07) is 13.1. The number of ether oxygens (including phenoxy) is 3. The van der Waals surface area contributed by atoms with E-state index < -0.39 is 61.4 Å². The van der Waals surface area contributed by atoms with Gasteiger partial charge < -0.3 is 50.6 Å². The van der Waals surface area contributed by atoms with Gasteiger partial charge in [-0.05, 0) is 66.4 Å². The van der Waals surface area contributed by atoms with Crippen molar-refractivity contribution >= 4 is 47.4 Å². The number of amides is 1. The van der Waals surface area contributed by atoms with E-state index in [2.05, 4.69) is 5.32 Å². The Morgan fingerprint density at radius 2 is 1.60 bits per heavy atom. The first-order chi connectivity index (χ1) is 25.2. The Bertz CT molecular complexity index is 1870. The number of para-hydroxylation sites is 1. The topological polar surface area (TPSA) is 279 Å². The van der Waals surface area contributed by atoms with Crippen LogP contribution in [0.5, 0.6) is 17.2 Å². The molecule has 1 heterocycles. The van der Waals surface area contributed by atoms with Crippen LogP contribution in [-0.4, -0.2) is 117 Å². The first-order valence-electron chi connectivity index (χ1n) is 16.1. The summed E-state index contributed by atoms with van der Waals surface area (Å²) in [6.45, 7) is -2.02. The molecule has 18 nitrogen and oxygen atoms in total. The van der Waals surface area contributed by atoms with Crippen LogP contribution in [0.4, 0.5) is 5.69 Å². The van der Waals surface area contributed by atoms with Gasteiger partial charge in [-0.1, -0.05) is 18.2 Å². The molecule has 3 aromatic carbocycles. The molecule has 1 atom stereocenters. The standard InChI is InChI=1S/C35H37N5O13/c36-35(37)38-22-8-11-24-21(16-22)3-2-13-52-31-25(4-1-5-27(31)53-34(24)50)32(47)40(19-30(45)46)26(33(48)49)15-20-6-9-23(10-7-20)51-14-12-39(17-28(41)42)18-29(43)44/h1,4-11,16,26H,2-3,12-15,17-19H2,(H,41,42)(H,43,44)(H,45,46)(H,48,49)(H4,36,37,38). The second-order valence-corrected chi connectivity index (χ2v) is 11.8. The second-order valence-electron chi connectivity index (χ2n) is 11.8. The third kappa shape index (κ3) is 11.1. The summed E-state index contributed by atoms with van der Waals surface area (Å²) in [5, 5.41) is 48.0. The van der Waals surface area contributed by atoms with E-state index in [4.69, 9.17) is 35.6 Å². The van der Waals surface area contributed by atoms with E-state index in [1.807, 2.05) is 0 Å². The number of aliphatic carboxylic acids is 4. The van der Waals surface area contributed by atoms with Gasteiger partial charge in [0.2, 0.25) is 0 Å². The average molecular weight is 736 g/mol. The average Bonchev–Trinajstić information content (AvgIpc) is 3.07. The zero-order valence-corrected chi connectivity index (χ0v) is 28.1. The van der Waals surface area contributed by atoms with Crippen molar-refractivity contribution in [3.05, 3.63) is 82.9 Å². The number of rotatable bonds is 16. The van der Waals surface area contributed by atoms with Gasteiger partial charge in [0, 0.05) is 18.7 Å². The van der Waals surface area contributed by atoms with Crippen molar-refractivity contribution in [1.82, 2.24) is 9.80 Å². The number of carbonyl (C=O) groups excluding carboxylic acids is 2. The summed E-state index contributed by atoms with van der Waals surface area (Å²) in [7, 11) is 0. The highest BCUT2D eigenvalue weighted by molar-refractivity contribution is 6.02. The summed E-state index contributed by atoms with van der Waals surface area (Å²) in [6.07, 6.45) is 0.389. The first kappa shape index (κ1) is 39.1. The number of carbonyl (C=O) groups is 6. The van der Waals surface area contributed by atoms with Crippen molar-refractivity contribution in [3.8, 4) is 17.2 Å². The number of benzene rings is 3. The lowest BCUT2D eigenvalue weighted by Crippen LogP contribution is -2.48. The van der Waals surface area contributed by atoms with Gasteiger partial charge in [-0.25, -0.2) is 9.59 Å². The number of esters is 1. The molecule has 0 aliphatic carbocycles. The molecule has 4 rings (SSSR count). The monoisotopic (exact) mass is 735 g/mol. The minimum atomic E-state index is -1.67. The van der Waals surface area contributed by atoms with E-state index >= 15 is 0 Å². The molecule has 1 unspecified atom stereocenters. The quantitative estimate of drug-likeness (QED) is 0.0476. The molecule has 1 aliphatic heterocycles. The number of anilines is 1. The lowest BCUT2D eigenvalue weighted by molar-refractivity contribution is -0.145. The molecule has 1 aliphatic rings. The van der Waals surface area contributed by atoms with Crippen LogP contribution < -0.4 is 25.3 Å². The van der Waals surface area contributed by atoms with Gasteiger partial charge in [0.1, 0.15) is 24.9 Å². The smallest absolute Gasteiger partial charge is 0.343 e. The van der Waals surface area contributed by atoms with Crippen molar-refractivity contribution < 1.29 is 63.4 Å². The summed E-state index contributed by atoms with van der Waals surface area (Å²) < 4.78 is 17.1. The van der Waals surface area contributed by atoms with E-state index in [0.29, 0.717) is 40.3 Å². The van der Waals surface area contributed by atoms with Crippen molar-refractivity contribution in [2.75, 3.05) is 44.7 Å². The first-order valence-corrected chi connectivity index (χ1v) is 16.1. The zero-order valence-electron chi connectivity index (χ0n) is 28.1. The zero-order chi connectivity index (χ0) is 38.7. The van der Waals surface area contributed by atoms with Crippen molar-refractivity contribution in [2.24, 2.45) is 5.73 Å². The molecule has 0 saturated heterocycles. The lowest BCUT2D eigenvalue weighted by atomic mass is 10.0. The number of nitrogens with zero attached hydrogens (tertiary/aromatic N) is 2. The molecular formula is C35H37N5O13. The maximum absolute atomic E-state index is 14.1. The number of aryl methyl sites for hydroxylation is 1. The third-order valence-electron chi connectivity index (χ3n) is 7.83. The summed E-state index contributed by atoms with van der Waals surface area (Å²) in [5.74, 6) is -7.46. The molecule has 53 heavy (non-hydrogen) atoms. The fourth-order valence-corrected chi connectivity index (χ4v) is 5.53. The Labute approximate surface area is 301 Å². The van der Waals surface area contributed by atoms with Crippen LogP contribution in [-0.2, 0) is 32.0 Å². The van der Waals surface area contributed by atoms with Gasteiger partial charge in [0.15, 0.2) is 17.5 Å². The number of hydrogen-bond acceptors (Lipinski definition) is 11. The number of carboxylic acids is 4. The highest BCUT2D eigenvalue weighted by Gasteiger charge is 2.35. The molecule has 0 aromatic heterocycles. The van der Waals surface area contributed by atoms with Crippen LogP contribution in [0.1, 0.15) is 38.3 Å². The molecular weight excluding hydrogens is 698 g/mol. The second kappa shape index (κ2) is 18.0. The number of nitrogens with two attached hydrogens (primary N) is 1. The molecule has 0 spiro atoms. The van der Waals surface area contributed by atoms with Crippen molar-refractivity contribution in [2.45, 2.75) is 25.3 Å². The molecule has 0 fully saturated rings. The van der Waals surface area contributed by atoms with E-state index in [1.165, 1.54) is 53.4 Å². The van der Waals surface area contributed by atoms with E-state index in [1.54, 1.807) is 12.1 Å². The van der Waals surface area contributed by atoms with Crippen LogP contribution in [0.2, 0.25) is 0 Å². The molecule has 1 amide bonds. The van der Waals surface area contributed by atoms with Crippen LogP contribution in [0.15, 0.2) is 60.7 Å². The van der Waals surface area contributed by atoms with Crippen molar-refractivity contribution in [1.29, 1.82) is 5.41 Å². The Hall–Kier alpha value is -6.69. The number of nitrogens with one attached hydrogen (secondary N) is 2.